The predicted molar refractivity (Wildman–Crippen MR) is 163 cm³/mol. The Balaban J connectivity index is 0.000000283. The van der Waals surface area contributed by atoms with Crippen LogP contribution in [0.2, 0.25) is 0 Å². The van der Waals surface area contributed by atoms with Crippen molar-refractivity contribution in [2.75, 3.05) is 12.5 Å². The number of aromatic amines is 1. The molecule has 5 aromatic rings. The molecule has 0 amide bonds. The van der Waals surface area contributed by atoms with Gasteiger partial charge in [0.15, 0.2) is 5.16 Å². The summed E-state index contributed by atoms with van der Waals surface area (Å²) in [4.78, 5) is 14.9. The van der Waals surface area contributed by atoms with Gasteiger partial charge in [-0.1, -0.05) is 36.0 Å². The molecule has 194 valence electrons. The van der Waals surface area contributed by atoms with Gasteiger partial charge in [-0.15, -0.1) is 35.1 Å². The number of nitrogens with zero attached hydrogens (tertiary/aromatic N) is 2. The van der Waals surface area contributed by atoms with Gasteiger partial charge >= 0.3 is 0 Å². The number of pyridine rings is 1. The summed E-state index contributed by atoms with van der Waals surface area (Å²) in [5.74, 6) is 1.17. The van der Waals surface area contributed by atoms with E-state index in [9.17, 15) is 4.39 Å². The molecule has 2 aromatic heterocycles. The van der Waals surface area contributed by atoms with Crippen LogP contribution >= 0.6 is 46.9 Å². The molecular formula is C30H27ClFN3S3. The average Bonchev–Trinajstić information content (AvgIpc) is 3.41. The standard InChI is InChI=1S/C22H18FN3S2.C8H9ClS/c1-27-19-4-2-3-15(13-19)14-28-22-25-20(16-5-7-18(23)8-6-16)21(26-22)17-9-11-24-12-10-17;1-10-8-4-2-3-7(5-8)6-9/h2-13H,14H2,1H3,(H,25,26);2-5H,6H2,1H3. The van der Waals surface area contributed by atoms with E-state index in [1.54, 1.807) is 59.8 Å². The summed E-state index contributed by atoms with van der Waals surface area (Å²) in [6.07, 6.45) is 7.64. The van der Waals surface area contributed by atoms with Crippen LogP contribution in [-0.4, -0.2) is 27.5 Å². The van der Waals surface area contributed by atoms with Crippen LogP contribution in [0, 0.1) is 5.82 Å². The minimum absolute atomic E-state index is 0.253. The fourth-order valence-electron chi connectivity index (χ4n) is 3.63. The number of thioether (sulfide) groups is 3. The smallest absolute Gasteiger partial charge is 0.166 e. The molecule has 0 aliphatic rings. The molecule has 1 N–H and O–H groups in total. The van der Waals surface area contributed by atoms with Crippen LogP contribution in [0.15, 0.2) is 112 Å². The molecule has 0 atom stereocenters. The summed E-state index contributed by atoms with van der Waals surface area (Å²) >= 11 is 10.8. The molecule has 0 spiro atoms. The monoisotopic (exact) mass is 579 g/mol. The average molecular weight is 580 g/mol. The van der Waals surface area contributed by atoms with Crippen LogP contribution in [0.1, 0.15) is 11.1 Å². The largest absolute Gasteiger partial charge is 0.332 e. The number of imidazole rings is 1. The highest BCUT2D eigenvalue weighted by molar-refractivity contribution is 7.99. The van der Waals surface area contributed by atoms with Gasteiger partial charge in [0.2, 0.25) is 0 Å². The molecule has 5 rings (SSSR count). The van der Waals surface area contributed by atoms with Gasteiger partial charge in [-0.05, 0) is 84.3 Å². The maximum Gasteiger partial charge on any atom is 0.166 e. The van der Waals surface area contributed by atoms with Crippen LogP contribution in [0.3, 0.4) is 0 Å². The lowest BCUT2D eigenvalue weighted by molar-refractivity contribution is 0.628. The van der Waals surface area contributed by atoms with E-state index in [-0.39, 0.29) is 5.82 Å². The molecule has 0 saturated carbocycles. The number of hydrogen-bond acceptors (Lipinski definition) is 5. The van der Waals surface area contributed by atoms with Gasteiger partial charge in [0.1, 0.15) is 5.82 Å². The number of alkyl halides is 1. The first kappa shape index (κ1) is 28.3. The summed E-state index contributed by atoms with van der Waals surface area (Å²) in [5.41, 5.74) is 6.04. The highest BCUT2D eigenvalue weighted by Gasteiger charge is 2.15. The first-order valence-corrected chi connectivity index (χ1v) is 15.8. The SMILES string of the molecule is CSc1cccc(CCl)c1.CSc1cccc(CSc2nc(-c3ccncc3)c(-c3ccc(F)cc3)[nH]2)c1. The summed E-state index contributed by atoms with van der Waals surface area (Å²) in [5, 5.41) is 0.834. The number of benzene rings is 3. The zero-order valence-corrected chi connectivity index (χ0v) is 24.2. The van der Waals surface area contributed by atoms with Crippen LogP contribution in [0.25, 0.3) is 22.5 Å². The summed E-state index contributed by atoms with van der Waals surface area (Å²) < 4.78 is 13.4. The first-order chi connectivity index (χ1) is 18.6. The van der Waals surface area contributed by atoms with E-state index in [4.69, 9.17) is 16.6 Å². The van der Waals surface area contributed by atoms with Crippen LogP contribution in [-0.2, 0) is 11.6 Å². The first-order valence-electron chi connectivity index (χ1n) is 11.8. The van der Waals surface area contributed by atoms with Crippen molar-refractivity contribution >= 4 is 46.9 Å². The molecule has 0 unspecified atom stereocenters. The Bertz CT molecular complexity index is 1420. The fourth-order valence-corrected chi connectivity index (χ4v) is 5.58. The molecular weight excluding hydrogens is 553 g/mol. The molecule has 0 bridgehead atoms. The van der Waals surface area contributed by atoms with Crippen LogP contribution in [0.5, 0.6) is 0 Å². The maximum atomic E-state index is 13.4. The number of nitrogens with one attached hydrogen (secondary N) is 1. The van der Waals surface area contributed by atoms with Crippen LogP contribution in [0.4, 0.5) is 4.39 Å². The second-order valence-corrected chi connectivity index (χ2v) is 11.1. The van der Waals surface area contributed by atoms with Gasteiger partial charge in [0, 0.05) is 44.9 Å². The van der Waals surface area contributed by atoms with E-state index in [0.29, 0.717) is 5.88 Å². The highest BCUT2D eigenvalue weighted by Crippen LogP contribution is 2.33. The fraction of sp³-hybridized carbons (Fsp3) is 0.133. The van der Waals surface area contributed by atoms with Gasteiger partial charge in [0.25, 0.3) is 0 Å². The number of aromatic nitrogens is 3. The molecule has 3 nitrogen and oxygen atoms in total. The third-order valence-corrected chi connectivity index (χ3v) is 8.27. The van der Waals surface area contributed by atoms with Crippen molar-refractivity contribution in [3.63, 3.8) is 0 Å². The Morgan fingerprint density at radius 2 is 1.42 bits per heavy atom. The molecule has 0 fully saturated rings. The lowest BCUT2D eigenvalue weighted by Gasteiger charge is -2.03. The van der Waals surface area contributed by atoms with Gasteiger partial charge in [0.05, 0.1) is 11.4 Å². The van der Waals surface area contributed by atoms with Crippen molar-refractivity contribution in [3.8, 4) is 22.5 Å². The van der Waals surface area contributed by atoms with Crippen molar-refractivity contribution in [1.29, 1.82) is 0 Å². The Morgan fingerprint density at radius 1 is 0.789 bits per heavy atom. The summed E-state index contributed by atoms with van der Waals surface area (Å²) in [6.45, 7) is 0. The number of hydrogen-bond donors (Lipinski definition) is 1. The van der Waals surface area contributed by atoms with E-state index >= 15 is 0 Å². The molecule has 38 heavy (non-hydrogen) atoms. The van der Waals surface area contributed by atoms with Gasteiger partial charge in [-0.25, -0.2) is 9.37 Å². The minimum atomic E-state index is -0.253. The molecule has 0 aliphatic carbocycles. The van der Waals surface area contributed by atoms with Crippen molar-refractivity contribution in [3.05, 3.63) is 114 Å². The Hall–Kier alpha value is -2.71. The molecule has 2 heterocycles. The quantitative estimate of drug-likeness (QED) is 0.146. The normalized spacial score (nSPS) is 10.6. The van der Waals surface area contributed by atoms with Gasteiger partial charge in [-0.2, -0.15) is 0 Å². The van der Waals surface area contributed by atoms with Crippen molar-refractivity contribution in [2.24, 2.45) is 0 Å². The number of rotatable bonds is 8. The second kappa shape index (κ2) is 14.4. The van der Waals surface area contributed by atoms with E-state index in [1.807, 2.05) is 24.3 Å². The van der Waals surface area contributed by atoms with E-state index in [1.165, 1.54) is 33.1 Å². The number of H-pyrrole nitrogens is 1. The Kier molecular flexibility index (Phi) is 10.8. The molecule has 3 aromatic carbocycles. The second-order valence-electron chi connectivity index (χ2n) is 8.13. The van der Waals surface area contributed by atoms with E-state index < -0.39 is 0 Å². The Labute approximate surface area is 241 Å². The zero-order chi connectivity index (χ0) is 26.7. The third kappa shape index (κ3) is 7.90. The topological polar surface area (TPSA) is 41.6 Å². The summed E-state index contributed by atoms with van der Waals surface area (Å²) in [6, 6.07) is 27.1. The molecule has 0 aliphatic heterocycles. The zero-order valence-electron chi connectivity index (χ0n) is 21.0. The van der Waals surface area contributed by atoms with E-state index in [2.05, 4.69) is 58.9 Å². The van der Waals surface area contributed by atoms with Crippen molar-refractivity contribution in [2.45, 2.75) is 26.6 Å². The van der Waals surface area contributed by atoms with E-state index in [0.717, 1.165) is 33.4 Å². The van der Waals surface area contributed by atoms with Crippen LogP contribution < -0.4 is 0 Å². The van der Waals surface area contributed by atoms with Crippen molar-refractivity contribution < 1.29 is 4.39 Å². The summed E-state index contributed by atoms with van der Waals surface area (Å²) in [7, 11) is 0. The molecule has 0 saturated heterocycles. The lowest BCUT2D eigenvalue weighted by atomic mass is 10.1. The highest BCUT2D eigenvalue weighted by atomic mass is 35.5. The lowest BCUT2D eigenvalue weighted by Crippen LogP contribution is -1.84. The Morgan fingerprint density at radius 3 is 2.05 bits per heavy atom. The third-order valence-electron chi connectivity index (χ3n) is 5.57. The van der Waals surface area contributed by atoms with Gasteiger partial charge in [-0.3, -0.25) is 4.98 Å². The van der Waals surface area contributed by atoms with Crippen molar-refractivity contribution in [1.82, 2.24) is 15.0 Å². The predicted octanol–water partition coefficient (Wildman–Crippen LogP) is 9.44. The number of halogens is 2. The molecule has 8 heteroatoms. The van der Waals surface area contributed by atoms with Gasteiger partial charge < -0.3 is 4.98 Å². The maximum absolute atomic E-state index is 13.4. The molecule has 0 radical (unpaired) electrons. The minimum Gasteiger partial charge on any atom is -0.332 e.